The van der Waals surface area contributed by atoms with Crippen LogP contribution in [-0.2, 0) is 13.2 Å². The smallest absolute Gasteiger partial charge is 0.229 e. The zero-order chi connectivity index (χ0) is 13.2. The monoisotopic (exact) mass is 260 g/mol. The van der Waals surface area contributed by atoms with E-state index in [-0.39, 0.29) is 13.2 Å². The van der Waals surface area contributed by atoms with Gasteiger partial charge in [0.2, 0.25) is 11.7 Å². The number of benzene rings is 1. The molecule has 1 heterocycles. The average Bonchev–Trinajstić information content (AvgIpc) is 3.17. The second-order valence-corrected chi connectivity index (χ2v) is 4.88. The third-order valence-corrected chi connectivity index (χ3v) is 3.15. The number of aryl methyl sites for hydroxylation is 1. The molecule has 19 heavy (non-hydrogen) atoms. The van der Waals surface area contributed by atoms with Gasteiger partial charge in [0.15, 0.2) is 6.61 Å². The second-order valence-electron chi connectivity index (χ2n) is 4.88. The lowest BCUT2D eigenvalue weighted by Gasteiger charge is -2.08. The van der Waals surface area contributed by atoms with E-state index in [1.807, 2.05) is 25.1 Å². The molecule has 0 amide bonds. The first-order valence-electron chi connectivity index (χ1n) is 6.42. The van der Waals surface area contributed by atoms with Crippen molar-refractivity contribution in [3.05, 3.63) is 41.0 Å². The Morgan fingerprint density at radius 1 is 1.42 bits per heavy atom. The first-order valence-corrected chi connectivity index (χ1v) is 6.42. The number of aliphatic hydroxyl groups excluding tert-OH is 1. The van der Waals surface area contributed by atoms with Crippen LogP contribution in [0, 0.1) is 6.92 Å². The molecule has 100 valence electrons. The van der Waals surface area contributed by atoms with Crippen molar-refractivity contribution in [3.8, 4) is 5.75 Å². The lowest BCUT2D eigenvalue weighted by Crippen LogP contribution is -2.01. The van der Waals surface area contributed by atoms with E-state index in [1.165, 1.54) is 0 Å². The van der Waals surface area contributed by atoms with Gasteiger partial charge < -0.3 is 14.4 Å². The fourth-order valence-corrected chi connectivity index (χ4v) is 1.94. The van der Waals surface area contributed by atoms with E-state index >= 15 is 0 Å². The summed E-state index contributed by atoms with van der Waals surface area (Å²) in [7, 11) is 0. The minimum absolute atomic E-state index is 0.0451. The van der Waals surface area contributed by atoms with Crippen molar-refractivity contribution < 1.29 is 14.4 Å². The lowest BCUT2D eigenvalue weighted by molar-refractivity contribution is 0.252. The van der Waals surface area contributed by atoms with E-state index in [0.717, 1.165) is 24.0 Å². The predicted octanol–water partition coefficient (Wildman–Crippen LogP) is 2.33. The minimum Gasteiger partial charge on any atom is -0.485 e. The van der Waals surface area contributed by atoms with E-state index in [1.54, 1.807) is 0 Å². The van der Waals surface area contributed by atoms with E-state index in [2.05, 4.69) is 10.1 Å². The molecule has 0 spiro atoms. The molecule has 1 aliphatic carbocycles. The maximum Gasteiger partial charge on any atom is 0.229 e. The predicted molar refractivity (Wildman–Crippen MR) is 67.7 cm³/mol. The molecule has 5 heteroatoms. The summed E-state index contributed by atoms with van der Waals surface area (Å²) in [5.41, 5.74) is 1.86. The summed E-state index contributed by atoms with van der Waals surface area (Å²) in [4.78, 5) is 4.30. The first-order chi connectivity index (χ1) is 9.26. The molecule has 1 N–H and O–H groups in total. The Labute approximate surface area is 111 Å². The van der Waals surface area contributed by atoms with Crippen LogP contribution < -0.4 is 4.74 Å². The van der Waals surface area contributed by atoms with Gasteiger partial charge in [-0.25, -0.2) is 0 Å². The van der Waals surface area contributed by atoms with Gasteiger partial charge in [0.1, 0.15) is 5.75 Å². The fourth-order valence-electron chi connectivity index (χ4n) is 1.94. The van der Waals surface area contributed by atoms with Crippen LogP contribution in [0.3, 0.4) is 0 Å². The number of hydrogen-bond donors (Lipinski definition) is 1. The Kier molecular flexibility index (Phi) is 3.21. The molecule has 0 atom stereocenters. The molecule has 0 unspecified atom stereocenters. The van der Waals surface area contributed by atoms with E-state index in [0.29, 0.717) is 23.4 Å². The quantitative estimate of drug-likeness (QED) is 0.893. The lowest BCUT2D eigenvalue weighted by atomic mass is 10.1. The van der Waals surface area contributed by atoms with Crippen LogP contribution >= 0.6 is 0 Å². The second kappa shape index (κ2) is 5.01. The van der Waals surface area contributed by atoms with Gasteiger partial charge in [-0.2, -0.15) is 4.98 Å². The molecule has 0 bridgehead atoms. The van der Waals surface area contributed by atoms with Crippen molar-refractivity contribution in [2.75, 3.05) is 0 Å². The van der Waals surface area contributed by atoms with Crippen molar-refractivity contribution in [2.45, 2.75) is 38.9 Å². The van der Waals surface area contributed by atoms with E-state index < -0.39 is 0 Å². The molecule has 1 aliphatic rings. The highest BCUT2D eigenvalue weighted by Crippen LogP contribution is 2.38. The molecule has 1 fully saturated rings. The summed E-state index contributed by atoms with van der Waals surface area (Å²) in [5.74, 6) is 2.37. The summed E-state index contributed by atoms with van der Waals surface area (Å²) >= 11 is 0. The highest BCUT2D eigenvalue weighted by atomic mass is 16.5. The topological polar surface area (TPSA) is 68.4 Å². The molecular weight excluding hydrogens is 244 g/mol. The summed E-state index contributed by atoms with van der Waals surface area (Å²) < 4.78 is 10.8. The van der Waals surface area contributed by atoms with E-state index in [4.69, 9.17) is 9.26 Å². The van der Waals surface area contributed by atoms with E-state index in [9.17, 15) is 5.11 Å². The Hall–Kier alpha value is -1.88. The van der Waals surface area contributed by atoms with Crippen molar-refractivity contribution in [3.63, 3.8) is 0 Å². The van der Waals surface area contributed by atoms with Crippen LogP contribution in [0.5, 0.6) is 5.75 Å². The summed E-state index contributed by atoms with van der Waals surface area (Å²) in [6, 6.07) is 5.70. The number of rotatable bonds is 5. The van der Waals surface area contributed by atoms with Gasteiger partial charge in [0, 0.05) is 11.5 Å². The maximum absolute atomic E-state index is 9.30. The summed E-state index contributed by atoms with van der Waals surface area (Å²) in [6.45, 7) is 2.19. The van der Waals surface area contributed by atoms with Gasteiger partial charge in [0.25, 0.3) is 0 Å². The third-order valence-electron chi connectivity index (χ3n) is 3.15. The Morgan fingerprint density at radius 2 is 2.26 bits per heavy atom. The van der Waals surface area contributed by atoms with Crippen LogP contribution in [0.15, 0.2) is 22.7 Å². The molecule has 0 aliphatic heterocycles. The molecule has 3 rings (SSSR count). The van der Waals surface area contributed by atoms with Gasteiger partial charge in [-0.1, -0.05) is 22.9 Å². The van der Waals surface area contributed by atoms with Crippen LogP contribution in [0.25, 0.3) is 0 Å². The highest BCUT2D eigenvalue weighted by molar-refractivity contribution is 5.36. The fraction of sp³-hybridized carbons (Fsp3) is 0.429. The maximum atomic E-state index is 9.30. The van der Waals surface area contributed by atoms with Gasteiger partial charge in [-0.05, 0) is 25.8 Å². The SMILES string of the molecule is Cc1ccc(OCc2noc(C3CC3)n2)c(CO)c1. The standard InChI is InChI=1S/C14H16N2O3/c1-9-2-5-12(11(6-9)7-17)18-8-13-15-14(19-16-13)10-3-4-10/h2,5-6,10,17H,3-4,7-8H2,1H3. The zero-order valence-electron chi connectivity index (χ0n) is 10.8. The Balaban J connectivity index is 1.67. The van der Waals surface area contributed by atoms with Crippen LogP contribution in [0.2, 0.25) is 0 Å². The van der Waals surface area contributed by atoms with Crippen molar-refractivity contribution >= 4 is 0 Å². The largest absolute Gasteiger partial charge is 0.485 e. The zero-order valence-corrected chi connectivity index (χ0v) is 10.8. The molecular formula is C14H16N2O3. The van der Waals surface area contributed by atoms with Crippen molar-refractivity contribution in [2.24, 2.45) is 0 Å². The average molecular weight is 260 g/mol. The van der Waals surface area contributed by atoms with Crippen molar-refractivity contribution in [1.82, 2.24) is 10.1 Å². The van der Waals surface area contributed by atoms with Crippen LogP contribution in [0.1, 0.15) is 41.6 Å². The normalized spacial score (nSPS) is 14.6. The minimum atomic E-state index is -0.0451. The number of aromatic nitrogens is 2. The molecule has 1 aromatic heterocycles. The molecule has 1 aromatic carbocycles. The Bertz CT molecular complexity index is 576. The molecule has 0 saturated heterocycles. The van der Waals surface area contributed by atoms with Gasteiger partial charge in [0.05, 0.1) is 6.61 Å². The number of nitrogens with zero attached hydrogens (tertiary/aromatic N) is 2. The third kappa shape index (κ3) is 2.76. The number of hydrogen-bond acceptors (Lipinski definition) is 5. The highest BCUT2D eigenvalue weighted by Gasteiger charge is 2.29. The Morgan fingerprint density at radius 3 is 3.00 bits per heavy atom. The van der Waals surface area contributed by atoms with Gasteiger partial charge >= 0.3 is 0 Å². The van der Waals surface area contributed by atoms with Crippen LogP contribution in [-0.4, -0.2) is 15.2 Å². The van der Waals surface area contributed by atoms with Gasteiger partial charge in [-0.3, -0.25) is 0 Å². The summed E-state index contributed by atoms with van der Waals surface area (Å²) in [5, 5.41) is 13.2. The molecule has 2 aromatic rings. The van der Waals surface area contributed by atoms with Gasteiger partial charge in [-0.15, -0.1) is 0 Å². The number of ether oxygens (including phenoxy) is 1. The summed E-state index contributed by atoms with van der Waals surface area (Å²) in [6.07, 6.45) is 2.27. The van der Waals surface area contributed by atoms with Crippen molar-refractivity contribution in [1.29, 1.82) is 0 Å². The molecule has 0 radical (unpaired) electrons. The molecule has 1 saturated carbocycles. The number of aliphatic hydroxyl groups is 1. The van der Waals surface area contributed by atoms with Crippen LogP contribution in [0.4, 0.5) is 0 Å². The first kappa shape index (κ1) is 12.2. The molecule has 5 nitrogen and oxygen atoms in total.